The minimum atomic E-state index is -0.430. The first-order valence-electron chi connectivity index (χ1n) is 5.98. The van der Waals surface area contributed by atoms with Crippen molar-refractivity contribution in [1.29, 1.82) is 0 Å². The molecule has 0 aliphatic heterocycles. The predicted molar refractivity (Wildman–Crippen MR) is 71.1 cm³/mol. The zero-order valence-electron chi connectivity index (χ0n) is 10.5. The maximum Gasteiger partial charge on any atom is 0.324 e. The Bertz CT molecular complexity index is 552. The lowest BCUT2D eigenvalue weighted by atomic mass is 10.4. The molecule has 19 heavy (non-hydrogen) atoms. The van der Waals surface area contributed by atoms with Crippen LogP contribution in [0, 0.1) is 10.1 Å². The molecule has 0 amide bonds. The molecule has 0 unspecified atom stereocenters. The highest BCUT2D eigenvalue weighted by Crippen LogP contribution is 2.31. The molecule has 2 aromatic rings. The Hall–Kier alpha value is -1.80. The molecule has 1 N–H and O–H groups in total. The number of hydrogen-bond donors (Lipinski definition) is 1. The maximum atomic E-state index is 10.6. The van der Waals surface area contributed by atoms with Crippen LogP contribution in [0.3, 0.4) is 0 Å². The lowest BCUT2D eigenvalue weighted by Crippen LogP contribution is -2.17. The van der Waals surface area contributed by atoms with Crippen LogP contribution in [0.1, 0.15) is 19.2 Å². The minimum absolute atomic E-state index is 0.0689. The van der Waals surface area contributed by atoms with Crippen molar-refractivity contribution in [2.45, 2.75) is 19.8 Å². The van der Waals surface area contributed by atoms with E-state index in [2.05, 4.69) is 22.4 Å². The van der Waals surface area contributed by atoms with E-state index >= 15 is 0 Å². The number of nitro groups is 1. The molecule has 0 spiro atoms. The average molecular weight is 282 g/mol. The molecule has 0 saturated heterocycles. The molecule has 0 atom stereocenters. The van der Waals surface area contributed by atoms with Crippen LogP contribution in [0.15, 0.2) is 16.5 Å². The fourth-order valence-corrected chi connectivity index (χ4v) is 2.23. The van der Waals surface area contributed by atoms with Gasteiger partial charge in [0, 0.05) is 19.0 Å². The van der Waals surface area contributed by atoms with Gasteiger partial charge in [0.2, 0.25) is 5.89 Å². The quantitative estimate of drug-likeness (QED) is 0.475. The largest absolute Gasteiger partial charge is 0.420 e. The second-order valence-electron chi connectivity index (χ2n) is 3.90. The number of aromatic nitrogens is 2. The van der Waals surface area contributed by atoms with E-state index in [1.54, 1.807) is 6.07 Å². The molecule has 2 heterocycles. The molecule has 7 nitrogen and oxygen atoms in total. The zero-order valence-corrected chi connectivity index (χ0v) is 11.3. The Labute approximate surface area is 113 Å². The third-order valence-corrected chi connectivity index (χ3v) is 3.42. The Morgan fingerprint density at radius 1 is 1.42 bits per heavy atom. The Morgan fingerprint density at radius 2 is 2.26 bits per heavy atom. The van der Waals surface area contributed by atoms with Gasteiger partial charge < -0.3 is 9.73 Å². The van der Waals surface area contributed by atoms with Crippen molar-refractivity contribution < 1.29 is 9.34 Å². The normalized spacial score (nSPS) is 10.8. The molecule has 0 radical (unpaired) electrons. The SMILES string of the molecule is CCCNCCc1nnc(-c2ccc([N+](=O)[O-])s2)o1. The van der Waals surface area contributed by atoms with Crippen molar-refractivity contribution in [3.63, 3.8) is 0 Å². The van der Waals surface area contributed by atoms with Gasteiger partial charge in [-0.05, 0) is 19.0 Å². The molecular weight excluding hydrogens is 268 g/mol. The topological polar surface area (TPSA) is 94.1 Å². The third kappa shape index (κ3) is 3.58. The number of hydrogen-bond acceptors (Lipinski definition) is 7. The summed E-state index contributed by atoms with van der Waals surface area (Å²) in [4.78, 5) is 10.8. The van der Waals surface area contributed by atoms with Crippen LogP contribution in [-0.2, 0) is 6.42 Å². The first-order valence-corrected chi connectivity index (χ1v) is 6.80. The van der Waals surface area contributed by atoms with E-state index in [-0.39, 0.29) is 5.00 Å². The first kappa shape index (κ1) is 13.6. The molecule has 2 aromatic heterocycles. The summed E-state index contributed by atoms with van der Waals surface area (Å²) in [6, 6.07) is 3.06. The van der Waals surface area contributed by atoms with E-state index in [0.29, 0.717) is 23.1 Å². The number of thiophene rings is 1. The van der Waals surface area contributed by atoms with Crippen molar-refractivity contribution in [1.82, 2.24) is 15.5 Å². The lowest BCUT2D eigenvalue weighted by molar-refractivity contribution is -0.380. The van der Waals surface area contributed by atoms with Gasteiger partial charge in [-0.2, -0.15) is 0 Å². The van der Waals surface area contributed by atoms with E-state index in [9.17, 15) is 10.1 Å². The molecule has 8 heteroatoms. The molecule has 0 saturated carbocycles. The van der Waals surface area contributed by atoms with Crippen molar-refractivity contribution in [3.8, 4) is 10.8 Å². The number of rotatable bonds is 7. The van der Waals surface area contributed by atoms with Gasteiger partial charge in [0.1, 0.15) is 0 Å². The van der Waals surface area contributed by atoms with Crippen LogP contribution in [0.25, 0.3) is 10.8 Å². The number of nitrogens with one attached hydrogen (secondary N) is 1. The van der Waals surface area contributed by atoms with Gasteiger partial charge in [-0.3, -0.25) is 10.1 Å². The standard InChI is InChI=1S/C11H14N4O3S/c1-2-6-12-7-5-9-13-14-11(18-9)8-3-4-10(19-8)15(16)17/h3-4,12H,2,5-7H2,1H3. The van der Waals surface area contributed by atoms with Crippen LogP contribution in [0.5, 0.6) is 0 Å². The van der Waals surface area contributed by atoms with Crippen LogP contribution in [0.4, 0.5) is 5.00 Å². The summed E-state index contributed by atoms with van der Waals surface area (Å²) in [6.45, 7) is 3.83. The van der Waals surface area contributed by atoms with E-state index in [1.807, 2.05) is 0 Å². The molecule has 0 aromatic carbocycles. The lowest BCUT2D eigenvalue weighted by Gasteiger charge is -1.98. The number of nitrogens with zero attached hydrogens (tertiary/aromatic N) is 3. The van der Waals surface area contributed by atoms with E-state index < -0.39 is 4.92 Å². The van der Waals surface area contributed by atoms with Crippen LogP contribution < -0.4 is 5.32 Å². The summed E-state index contributed by atoms with van der Waals surface area (Å²) in [5.41, 5.74) is 0. The highest BCUT2D eigenvalue weighted by atomic mass is 32.1. The van der Waals surface area contributed by atoms with Gasteiger partial charge in [-0.15, -0.1) is 10.2 Å². The molecule has 2 rings (SSSR count). The van der Waals surface area contributed by atoms with E-state index in [0.717, 1.165) is 30.8 Å². The summed E-state index contributed by atoms with van der Waals surface area (Å²) >= 11 is 1.03. The fourth-order valence-electron chi connectivity index (χ4n) is 1.49. The van der Waals surface area contributed by atoms with Gasteiger partial charge >= 0.3 is 5.00 Å². The monoisotopic (exact) mass is 282 g/mol. The maximum absolute atomic E-state index is 10.6. The zero-order chi connectivity index (χ0) is 13.7. The van der Waals surface area contributed by atoms with E-state index in [1.165, 1.54) is 6.07 Å². The smallest absolute Gasteiger partial charge is 0.324 e. The molecule has 0 aliphatic rings. The Kier molecular flexibility index (Phi) is 4.58. The van der Waals surface area contributed by atoms with Crippen LogP contribution in [0.2, 0.25) is 0 Å². The van der Waals surface area contributed by atoms with Crippen LogP contribution >= 0.6 is 11.3 Å². The fraction of sp³-hybridized carbons (Fsp3) is 0.455. The average Bonchev–Trinajstić information content (AvgIpc) is 3.03. The first-order chi connectivity index (χ1) is 9.20. The van der Waals surface area contributed by atoms with Gasteiger partial charge in [-0.1, -0.05) is 18.3 Å². The van der Waals surface area contributed by atoms with Crippen LogP contribution in [-0.4, -0.2) is 28.2 Å². The summed E-state index contributed by atoms with van der Waals surface area (Å²) in [5, 5.41) is 21.7. The van der Waals surface area contributed by atoms with Gasteiger partial charge in [-0.25, -0.2) is 0 Å². The van der Waals surface area contributed by atoms with Crippen molar-refractivity contribution in [2.75, 3.05) is 13.1 Å². The van der Waals surface area contributed by atoms with Gasteiger partial charge in [0.15, 0.2) is 0 Å². The van der Waals surface area contributed by atoms with Crippen molar-refractivity contribution >= 4 is 16.3 Å². The third-order valence-electron chi connectivity index (χ3n) is 2.39. The molecule has 0 fully saturated rings. The molecular formula is C11H14N4O3S. The molecule has 0 bridgehead atoms. The molecule has 102 valence electrons. The highest BCUT2D eigenvalue weighted by Gasteiger charge is 2.15. The Balaban J connectivity index is 1.97. The summed E-state index contributed by atoms with van der Waals surface area (Å²) < 4.78 is 5.47. The van der Waals surface area contributed by atoms with Crippen molar-refractivity contribution in [3.05, 3.63) is 28.1 Å². The predicted octanol–water partition coefficient (Wildman–Crippen LogP) is 2.25. The minimum Gasteiger partial charge on any atom is -0.420 e. The second-order valence-corrected chi connectivity index (χ2v) is 4.96. The highest BCUT2D eigenvalue weighted by molar-refractivity contribution is 7.18. The Morgan fingerprint density at radius 3 is 2.95 bits per heavy atom. The molecule has 0 aliphatic carbocycles. The summed E-state index contributed by atoms with van der Waals surface area (Å²) in [5.74, 6) is 0.873. The van der Waals surface area contributed by atoms with E-state index in [4.69, 9.17) is 4.42 Å². The second kappa shape index (κ2) is 6.39. The van der Waals surface area contributed by atoms with Crippen molar-refractivity contribution in [2.24, 2.45) is 0 Å². The summed E-state index contributed by atoms with van der Waals surface area (Å²) in [6.07, 6.45) is 1.73. The summed E-state index contributed by atoms with van der Waals surface area (Å²) in [7, 11) is 0. The van der Waals surface area contributed by atoms with Gasteiger partial charge in [0.25, 0.3) is 5.89 Å². The van der Waals surface area contributed by atoms with Gasteiger partial charge in [0.05, 0.1) is 9.80 Å².